The van der Waals surface area contributed by atoms with Gasteiger partial charge in [0.05, 0.1) is 17.9 Å². The molecule has 4 rings (SSSR count). The van der Waals surface area contributed by atoms with Crippen LogP contribution in [0.15, 0.2) is 54.7 Å². The van der Waals surface area contributed by atoms with Gasteiger partial charge < -0.3 is 14.8 Å². The molecule has 186 valence electrons. The number of aromatic nitrogens is 2. The van der Waals surface area contributed by atoms with Crippen molar-refractivity contribution in [2.45, 2.75) is 12.6 Å². The Hall–Kier alpha value is -3.37. The van der Waals surface area contributed by atoms with E-state index < -0.39 is 17.6 Å². The Bertz CT molecular complexity index is 1150. The van der Waals surface area contributed by atoms with Crippen LogP contribution in [0.2, 0.25) is 0 Å². The molecule has 0 spiro atoms. The third-order valence-corrected chi connectivity index (χ3v) is 5.77. The molecular weight excluding hydrogens is 461 g/mol. The van der Waals surface area contributed by atoms with E-state index in [2.05, 4.69) is 15.3 Å². The molecule has 3 aromatic rings. The number of ether oxygens (including phenoxy) is 2. The maximum Gasteiger partial charge on any atom is 0.416 e. The van der Waals surface area contributed by atoms with E-state index in [0.717, 1.165) is 50.5 Å². The molecule has 1 aliphatic rings. The Morgan fingerprint density at radius 1 is 1.14 bits per heavy atom. The molecule has 1 aliphatic heterocycles. The second kappa shape index (κ2) is 10.9. The Morgan fingerprint density at radius 3 is 2.77 bits per heavy atom. The van der Waals surface area contributed by atoms with E-state index in [1.165, 1.54) is 12.1 Å². The molecule has 2 heterocycles. The van der Waals surface area contributed by atoms with Crippen molar-refractivity contribution in [3.63, 3.8) is 0 Å². The fourth-order valence-electron chi connectivity index (χ4n) is 3.92. The smallest absolute Gasteiger partial charge is 0.416 e. The number of carbonyl (C=O) groups is 1. The summed E-state index contributed by atoms with van der Waals surface area (Å²) in [4.78, 5) is 15.0. The van der Waals surface area contributed by atoms with Crippen LogP contribution in [-0.4, -0.2) is 60.0 Å². The second-order valence-electron chi connectivity index (χ2n) is 8.24. The number of hydrogen-bond donors (Lipinski definition) is 1. The number of nitrogens with one attached hydrogen (secondary N) is 1. The van der Waals surface area contributed by atoms with E-state index in [9.17, 15) is 18.0 Å². The van der Waals surface area contributed by atoms with Crippen molar-refractivity contribution in [1.82, 2.24) is 14.7 Å². The zero-order valence-corrected chi connectivity index (χ0v) is 19.3. The van der Waals surface area contributed by atoms with Crippen molar-refractivity contribution in [1.29, 1.82) is 0 Å². The first kappa shape index (κ1) is 24.7. The van der Waals surface area contributed by atoms with E-state index in [1.807, 2.05) is 6.07 Å². The molecule has 35 heavy (non-hydrogen) atoms. The van der Waals surface area contributed by atoms with E-state index in [0.29, 0.717) is 30.2 Å². The maximum absolute atomic E-state index is 13.0. The molecule has 2 aromatic carbocycles. The Morgan fingerprint density at radius 2 is 2.00 bits per heavy atom. The minimum atomic E-state index is -4.53. The Kier molecular flexibility index (Phi) is 7.72. The average Bonchev–Trinajstić information content (AvgIpc) is 3.09. The van der Waals surface area contributed by atoms with Crippen molar-refractivity contribution < 1.29 is 27.4 Å². The number of carbonyl (C=O) groups excluding carboxylic acids is 1. The van der Waals surface area contributed by atoms with Crippen LogP contribution in [0, 0.1) is 0 Å². The molecule has 1 fully saturated rings. The summed E-state index contributed by atoms with van der Waals surface area (Å²) in [6.07, 6.45) is -1.88. The maximum atomic E-state index is 13.0. The zero-order chi connectivity index (χ0) is 24.8. The van der Waals surface area contributed by atoms with Crippen LogP contribution in [0.1, 0.15) is 22.3 Å². The molecule has 0 aliphatic carbocycles. The lowest BCUT2D eigenvalue weighted by molar-refractivity contribution is -0.137. The summed E-state index contributed by atoms with van der Waals surface area (Å²) in [6.45, 7) is 4.52. The van der Waals surface area contributed by atoms with Crippen LogP contribution in [-0.2, 0) is 18.0 Å². The summed E-state index contributed by atoms with van der Waals surface area (Å²) in [7, 11) is 1.80. The van der Waals surface area contributed by atoms with Crippen molar-refractivity contribution in [3.05, 3.63) is 65.9 Å². The Labute approximate surface area is 201 Å². The van der Waals surface area contributed by atoms with Crippen molar-refractivity contribution in [2.24, 2.45) is 7.05 Å². The lowest BCUT2D eigenvalue weighted by atomic mass is 10.1. The van der Waals surface area contributed by atoms with Gasteiger partial charge in [0.2, 0.25) is 0 Å². The molecule has 7 nitrogen and oxygen atoms in total. The minimum absolute atomic E-state index is 0.0799. The highest BCUT2D eigenvalue weighted by molar-refractivity contribution is 6.04. The number of aryl methyl sites for hydroxylation is 1. The number of amides is 1. The van der Waals surface area contributed by atoms with Gasteiger partial charge in [-0.2, -0.15) is 18.3 Å². The normalized spacial score (nSPS) is 15.0. The predicted molar refractivity (Wildman–Crippen MR) is 125 cm³/mol. The standard InChI is InChI=1S/C25H27F3N4O3/c1-31-22(8-9-29-31)21-17-20(30-24(33)18-4-2-5-19(16-18)25(26,27)28)6-7-23(21)35-15-12-32-10-3-13-34-14-11-32/h2,4-9,16-17H,3,10-15H2,1H3,(H,30,33). The average molecular weight is 489 g/mol. The summed E-state index contributed by atoms with van der Waals surface area (Å²) in [5, 5.41) is 6.90. The molecular formula is C25H27F3N4O3. The highest BCUT2D eigenvalue weighted by Gasteiger charge is 2.31. The number of benzene rings is 2. The molecule has 1 N–H and O–H groups in total. The lowest BCUT2D eigenvalue weighted by Crippen LogP contribution is -2.30. The monoisotopic (exact) mass is 488 g/mol. The molecule has 0 unspecified atom stereocenters. The Balaban J connectivity index is 1.51. The fraction of sp³-hybridized carbons (Fsp3) is 0.360. The van der Waals surface area contributed by atoms with Crippen molar-refractivity contribution >= 4 is 11.6 Å². The van der Waals surface area contributed by atoms with Crippen LogP contribution in [0.5, 0.6) is 5.75 Å². The molecule has 0 bridgehead atoms. The number of hydrogen-bond acceptors (Lipinski definition) is 5. The van der Waals surface area contributed by atoms with Gasteiger partial charge in [0, 0.05) is 56.3 Å². The van der Waals surface area contributed by atoms with E-state index in [1.54, 1.807) is 36.1 Å². The topological polar surface area (TPSA) is 68.6 Å². The zero-order valence-electron chi connectivity index (χ0n) is 19.3. The highest BCUT2D eigenvalue weighted by Crippen LogP contribution is 2.33. The van der Waals surface area contributed by atoms with Gasteiger partial charge in [-0.1, -0.05) is 6.07 Å². The molecule has 1 saturated heterocycles. The van der Waals surface area contributed by atoms with Gasteiger partial charge in [-0.05, 0) is 48.9 Å². The van der Waals surface area contributed by atoms with E-state index in [-0.39, 0.29) is 5.56 Å². The van der Waals surface area contributed by atoms with Crippen LogP contribution >= 0.6 is 0 Å². The predicted octanol–water partition coefficient (Wildman–Crippen LogP) is 4.46. The molecule has 0 radical (unpaired) electrons. The van der Waals surface area contributed by atoms with Gasteiger partial charge in [-0.15, -0.1) is 0 Å². The summed E-state index contributed by atoms with van der Waals surface area (Å²) in [5.41, 5.74) is 0.967. The highest BCUT2D eigenvalue weighted by atomic mass is 19.4. The molecule has 1 aromatic heterocycles. The SMILES string of the molecule is Cn1nccc1-c1cc(NC(=O)c2cccc(C(F)(F)F)c2)ccc1OCCN1CCCOCC1. The third-order valence-electron chi connectivity index (χ3n) is 5.77. The first-order chi connectivity index (χ1) is 16.8. The minimum Gasteiger partial charge on any atom is -0.492 e. The largest absolute Gasteiger partial charge is 0.492 e. The van der Waals surface area contributed by atoms with Gasteiger partial charge in [-0.25, -0.2) is 0 Å². The fourth-order valence-corrected chi connectivity index (χ4v) is 3.92. The lowest BCUT2D eigenvalue weighted by Gasteiger charge is -2.20. The summed E-state index contributed by atoms with van der Waals surface area (Å²) in [5.74, 6) is -0.0131. The summed E-state index contributed by atoms with van der Waals surface area (Å²) in [6, 6.07) is 11.3. The van der Waals surface area contributed by atoms with Crippen LogP contribution in [0.3, 0.4) is 0 Å². The van der Waals surface area contributed by atoms with Gasteiger partial charge in [-0.3, -0.25) is 14.4 Å². The van der Waals surface area contributed by atoms with Crippen LogP contribution in [0.25, 0.3) is 11.3 Å². The van der Waals surface area contributed by atoms with Gasteiger partial charge >= 0.3 is 6.18 Å². The quantitative estimate of drug-likeness (QED) is 0.532. The first-order valence-electron chi connectivity index (χ1n) is 11.4. The third kappa shape index (κ3) is 6.40. The first-order valence-corrected chi connectivity index (χ1v) is 11.4. The number of halogens is 3. The molecule has 0 atom stereocenters. The van der Waals surface area contributed by atoms with Crippen molar-refractivity contribution in [2.75, 3.05) is 44.8 Å². The second-order valence-corrected chi connectivity index (χ2v) is 8.24. The van der Waals surface area contributed by atoms with Gasteiger partial charge in [0.1, 0.15) is 12.4 Å². The number of rotatable bonds is 7. The summed E-state index contributed by atoms with van der Waals surface area (Å²) >= 11 is 0. The number of anilines is 1. The van der Waals surface area contributed by atoms with Crippen molar-refractivity contribution in [3.8, 4) is 17.0 Å². The van der Waals surface area contributed by atoms with E-state index >= 15 is 0 Å². The molecule has 0 saturated carbocycles. The van der Waals surface area contributed by atoms with Crippen LogP contribution in [0.4, 0.5) is 18.9 Å². The molecule has 1 amide bonds. The van der Waals surface area contributed by atoms with E-state index in [4.69, 9.17) is 9.47 Å². The summed E-state index contributed by atoms with van der Waals surface area (Å²) < 4.78 is 52.4. The van der Waals surface area contributed by atoms with Gasteiger partial charge in [0.25, 0.3) is 5.91 Å². The van der Waals surface area contributed by atoms with Gasteiger partial charge in [0.15, 0.2) is 0 Å². The van der Waals surface area contributed by atoms with Crippen LogP contribution < -0.4 is 10.1 Å². The number of alkyl halides is 3. The molecule has 10 heteroatoms. The number of nitrogens with zero attached hydrogens (tertiary/aromatic N) is 3.